The topological polar surface area (TPSA) is 79.3 Å². The predicted octanol–water partition coefficient (Wildman–Crippen LogP) is 3.29. The molecule has 0 bridgehead atoms. The van der Waals surface area contributed by atoms with Gasteiger partial charge in [-0.2, -0.15) is 0 Å². The molecule has 0 aliphatic heterocycles. The molecule has 5 nitrogen and oxygen atoms in total. The van der Waals surface area contributed by atoms with Gasteiger partial charge in [-0.15, -0.1) is 22.7 Å². The molecule has 0 saturated carbocycles. The molecule has 118 valence electrons. The first-order valence-electron chi connectivity index (χ1n) is 6.48. The summed E-state index contributed by atoms with van der Waals surface area (Å²) in [5, 5.41) is 14.3. The van der Waals surface area contributed by atoms with Crippen LogP contribution >= 0.6 is 34.3 Å². The molecule has 2 rings (SSSR count). The van der Waals surface area contributed by atoms with Gasteiger partial charge in [-0.25, -0.2) is 4.98 Å². The van der Waals surface area contributed by atoms with E-state index in [9.17, 15) is 9.59 Å². The van der Waals surface area contributed by atoms with Crippen LogP contribution < -0.4 is 5.32 Å². The fraction of sp³-hybridized carbons (Fsp3) is 0.357. The Bertz CT molecular complexity index is 694. The van der Waals surface area contributed by atoms with E-state index in [1.165, 1.54) is 22.7 Å². The molecule has 2 N–H and O–H groups in total. The molecular formula is C14H15ClN2O3S2. The van der Waals surface area contributed by atoms with Crippen molar-refractivity contribution in [2.45, 2.75) is 20.3 Å². The molecule has 0 aliphatic carbocycles. The molecular weight excluding hydrogens is 344 g/mol. The third-order valence-electron chi connectivity index (χ3n) is 2.98. The van der Waals surface area contributed by atoms with Crippen LogP contribution in [-0.2, 0) is 16.0 Å². The molecule has 2 heterocycles. The first kappa shape index (κ1) is 16.9. The van der Waals surface area contributed by atoms with Gasteiger partial charge >= 0.3 is 5.97 Å². The number of hydrogen-bond acceptors (Lipinski definition) is 5. The highest BCUT2D eigenvalue weighted by molar-refractivity contribution is 7.23. The maximum absolute atomic E-state index is 11.9. The number of thiazole rings is 1. The highest BCUT2D eigenvalue weighted by Gasteiger charge is 2.27. The molecule has 0 aliphatic rings. The Morgan fingerprint density at radius 3 is 2.73 bits per heavy atom. The van der Waals surface area contributed by atoms with Crippen LogP contribution in [0.5, 0.6) is 0 Å². The lowest BCUT2D eigenvalue weighted by atomic mass is 9.94. The van der Waals surface area contributed by atoms with E-state index < -0.39 is 11.4 Å². The van der Waals surface area contributed by atoms with Gasteiger partial charge in [0.15, 0.2) is 0 Å². The second-order valence-corrected chi connectivity index (χ2v) is 7.96. The summed E-state index contributed by atoms with van der Waals surface area (Å²) in [6.07, 6.45) is 0.130. The standard InChI is InChI=1S/C14H15ClN2O3S2/c1-14(2,13(19)20)7-16-11(18)5-8-6-21-12(17-8)9-3-4-10(15)22-9/h3-4,6H,5,7H2,1-2H3,(H,16,18)(H,19,20). The van der Waals surface area contributed by atoms with Crippen molar-refractivity contribution >= 4 is 46.2 Å². The molecule has 0 aromatic carbocycles. The maximum atomic E-state index is 11.9. The highest BCUT2D eigenvalue weighted by atomic mass is 35.5. The van der Waals surface area contributed by atoms with E-state index in [1.807, 2.05) is 17.5 Å². The molecule has 2 aromatic rings. The number of carboxylic acid groups (broad SMARTS) is 1. The SMILES string of the molecule is CC(C)(CNC(=O)Cc1csc(-c2ccc(Cl)s2)n1)C(=O)O. The zero-order valence-electron chi connectivity index (χ0n) is 12.1. The maximum Gasteiger partial charge on any atom is 0.310 e. The molecule has 0 spiro atoms. The average molecular weight is 359 g/mol. The quantitative estimate of drug-likeness (QED) is 0.830. The number of thiophene rings is 1. The van der Waals surface area contributed by atoms with E-state index in [-0.39, 0.29) is 18.9 Å². The van der Waals surface area contributed by atoms with Gasteiger partial charge in [-0.05, 0) is 26.0 Å². The third kappa shape index (κ3) is 4.28. The Kier molecular flexibility index (Phi) is 5.20. The normalized spacial score (nSPS) is 11.4. The van der Waals surface area contributed by atoms with E-state index in [2.05, 4.69) is 10.3 Å². The van der Waals surface area contributed by atoms with Gasteiger partial charge in [-0.3, -0.25) is 9.59 Å². The minimum atomic E-state index is -0.989. The Morgan fingerprint density at radius 2 is 2.14 bits per heavy atom. The smallest absolute Gasteiger partial charge is 0.310 e. The summed E-state index contributed by atoms with van der Waals surface area (Å²) in [7, 11) is 0. The summed E-state index contributed by atoms with van der Waals surface area (Å²) in [6.45, 7) is 3.22. The fourth-order valence-corrected chi connectivity index (χ4v) is 3.49. The largest absolute Gasteiger partial charge is 0.481 e. The van der Waals surface area contributed by atoms with Crippen molar-refractivity contribution in [3.63, 3.8) is 0 Å². The van der Waals surface area contributed by atoms with Crippen LogP contribution in [0.2, 0.25) is 4.34 Å². The van der Waals surface area contributed by atoms with Crippen LogP contribution in [0, 0.1) is 5.41 Å². The molecule has 1 amide bonds. The summed E-state index contributed by atoms with van der Waals surface area (Å²) in [5.41, 5.74) is -0.327. The van der Waals surface area contributed by atoms with E-state index in [0.717, 1.165) is 9.88 Å². The number of hydrogen-bond donors (Lipinski definition) is 2. The summed E-state index contributed by atoms with van der Waals surface area (Å²) in [5.74, 6) is -1.19. The Morgan fingerprint density at radius 1 is 1.41 bits per heavy atom. The number of carboxylic acids is 1. The second kappa shape index (κ2) is 6.76. The van der Waals surface area contributed by atoms with Crippen LogP contribution in [0.25, 0.3) is 9.88 Å². The van der Waals surface area contributed by atoms with Crippen LogP contribution in [0.1, 0.15) is 19.5 Å². The third-order valence-corrected chi connectivity index (χ3v) is 5.28. The van der Waals surface area contributed by atoms with Crippen molar-refractivity contribution in [3.05, 3.63) is 27.5 Å². The van der Waals surface area contributed by atoms with Gasteiger partial charge in [0, 0.05) is 11.9 Å². The van der Waals surface area contributed by atoms with Crippen LogP contribution in [0.15, 0.2) is 17.5 Å². The Hall–Kier alpha value is -1.44. The van der Waals surface area contributed by atoms with Gasteiger partial charge in [-0.1, -0.05) is 11.6 Å². The van der Waals surface area contributed by atoms with Crippen molar-refractivity contribution in [2.75, 3.05) is 6.54 Å². The molecule has 0 saturated heterocycles. The molecule has 0 atom stereocenters. The van der Waals surface area contributed by atoms with Crippen LogP contribution in [0.4, 0.5) is 0 Å². The number of halogens is 1. The van der Waals surface area contributed by atoms with Crippen molar-refractivity contribution in [1.29, 1.82) is 0 Å². The summed E-state index contributed by atoms with van der Waals surface area (Å²) >= 11 is 8.78. The molecule has 0 radical (unpaired) electrons. The van der Waals surface area contributed by atoms with Crippen LogP contribution in [-0.4, -0.2) is 28.5 Å². The number of nitrogens with zero attached hydrogens (tertiary/aromatic N) is 1. The van der Waals surface area contributed by atoms with Crippen molar-refractivity contribution < 1.29 is 14.7 Å². The predicted molar refractivity (Wildman–Crippen MR) is 88.6 cm³/mol. The van der Waals surface area contributed by atoms with Gasteiger partial charge in [0.2, 0.25) is 5.91 Å². The summed E-state index contributed by atoms with van der Waals surface area (Å²) in [6, 6.07) is 3.70. The minimum Gasteiger partial charge on any atom is -0.481 e. The van der Waals surface area contributed by atoms with E-state index in [0.29, 0.717) is 10.0 Å². The van der Waals surface area contributed by atoms with Crippen LogP contribution in [0.3, 0.4) is 0 Å². The highest BCUT2D eigenvalue weighted by Crippen LogP contribution is 2.32. The number of aromatic nitrogens is 1. The lowest BCUT2D eigenvalue weighted by Crippen LogP contribution is -2.39. The van der Waals surface area contributed by atoms with E-state index in [1.54, 1.807) is 13.8 Å². The first-order valence-corrected chi connectivity index (χ1v) is 8.55. The number of carbonyl (C=O) groups excluding carboxylic acids is 1. The van der Waals surface area contributed by atoms with E-state index in [4.69, 9.17) is 16.7 Å². The molecule has 8 heteroatoms. The zero-order chi connectivity index (χ0) is 16.3. The molecule has 2 aromatic heterocycles. The zero-order valence-corrected chi connectivity index (χ0v) is 14.4. The van der Waals surface area contributed by atoms with Crippen molar-refractivity contribution in [3.8, 4) is 9.88 Å². The van der Waals surface area contributed by atoms with Gasteiger partial charge in [0.05, 0.1) is 26.7 Å². The number of rotatable bonds is 6. The van der Waals surface area contributed by atoms with Crippen molar-refractivity contribution in [2.24, 2.45) is 5.41 Å². The molecule has 0 fully saturated rings. The average Bonchev–Trinajstić information content (AvgIpc) is 3.05. The van der Waals surface area contributed by atoms with Gasteiger partial charge < -0.3 is 10.4 Å². The number of carbonyl (C=O) groups is 2. The number of nitrogens with one attached hydrogen (secondary N) is 1. The Labute approximate surface area is 141 Å². The fourth-order valence-electron chi connectivity index (χ4n) is 1.55. The van der Waals surface area contributed by atoms with Crippen molar-refractivity contribution in [1.82, 2.24) is 10.3 Å². The lowest BCUT2D eigenvalue weighted by Gasteiger charge is -2.19. The monoisotopic (exact) mass is 358 g/mol. The Balaban J connectivity index is 1.93. The minimum absolute atomic E-state index is 0.0820. The summed E-state index contributed by atoms with van der Waals surface area (Å²) < 4.78 is 0.695. The van der Waals surface area contributed by atoms with Gasteiger partial charge in [0.1, 0.15) is 5.01 Å². The first-order chi connectivity index (χ1) is 10.3. The summed E-state index contributed by atoms with van der Waals surface area (Å²) in [4.78, 5) is 28.2. The lowest BCUT2D eigenvalue weighted by molar-refractivity contribution is -0.146. The number of amides is 1. The second-order valence-electron chi connectivity index (χ2n) is 5.39. The molecule has 0 unspecified atom stereocenters. The van der Waals surface area contributed by atoms with E-state index >= 15 is 0 Å². The van der Waals surface area contributed by atoms with Gasteiger partial charge in [0.25, 0.3) is 0 Å². The number of aliphatic carboxylic acids is 1. The molecule has 22 heavy (non-hydrogen) atoms.